The smallest absolute Gasteiger partial charge is 0.348 e. The Bertz CT molecular complexity index is 474. The first kappa shape index (κ1) is 8.89. The van der Waals surface area contributed by atoms with Crippen LogP contribution in [0.4, 0.5) is 0 Å². The van der Waals surface area contributed by atoms with Crippen LogP contribution < -0.4 is 0 Å². The lowest BCUT2D eigenvalue weighted by Gasteiger charge is -1.93. The number of carbonyl (C=O) groups is 1. The minimum absolute atomic E-state index is 0.205. The highest BCUT2D eigenvalue weighted by Gasteiger charge is 2.18. The number of aromatic nitrogens is 2. The number of carboxylic acids is 1. The lowest BCUT2D eigenvalue weighted by Crippen LogP contribution is -1.95. The molecule has 0 spiro atoms. The SMILES string of the molecule is Cc1nocc1-c1ncsc1C(=O)O. The molecule has 0 saturated heterocycles. The summed E-state index contributed by atoms with van der Waals surface area (Å²) in [5.41, 5.74) is 3.17. The fraction of sp³-hybridized carbons (Fsp3) is 0.125. The van der Waals surface area contributed by atoms with Crippen molar-refractivity contribution in [3.8, 4) is 11.3 Å². The molecule has 1 N–H and O–H groups in total. The number of aryl methyl sites for hydroxylation is 1. The quantitative estimate of drug-likeness (QED) is 0.817. The number of rotatable bonds is 2. The van der Waals surface area contributed by atoms with Crippen molar-refractivity contribution in [3.05, 3.63) is 22.3 Å². The number of carboxylic acid groups (broad SMARTS) is 1. The molecule has 2 aromatic rings. The number of hydrogen-bond donors (Lipinski definition) is 1. The Labute approximate surface area is 83.0 Å². The minimum Gasteiger partial charge on any atom is -0.477 e. The van der Waals surface area contributed by atoms with Crippen molar-refractivity contribution in [3.63, 3.8) is 0 Å². The van der Waals surface area contributed by atoms with E-state index in [2.05, 4.69) is 10.1 Å². The maximum absolute atomic E-state index is 10.8. The average molecular weight is 210 g/mol. The predicted molar refractivity (Wildman–Crippen MR) is 49.3 cm³/mol. The molecular weight excluding hydrogens is 204 g/mol. The summed E-state index contributed by atoms with van der Waals surface area (Å²) in [5, 5.41) is 12.5. The van der Waals surface area contributed by atoms with Gasteiger partial charge in [-0.05, 0) is 6.92 Å². The van der Waals surface area contributed by atoms with Crippen molar-refractivity contribution in [2.24, 2.45) is 0 Å². The summed E-state index contributed by atoms with van der Waals surface area (Å²) < 4.78 is 4.73. The zero-order valence-electron chi connectivity index (χ0n) is 7.22. The summed E-state index contributed by atoms with van der Waals surface area (Å²) in [7, 11) is 0. The highest BCUT2D eigenvalue weighted by atomic mass is 32.1. The van der Waals surface area contributed by atoms with Gasteiger partial charge in [0, 0.05) is 0 Å². The number of thiazole rings is 1. The van der Waals surface area contributed by atoms with E-state index in [4.69, 9.17) is 9.63 Å². The van der Waals surface area contributed by atoms with Crippen LogP contribution >= 0.6 is 11.3 Å². The predicted octanol–water partition coefficient (Wildman–Crippen LogP) is 1.80. The van der Waals surface area contributed by atoms with Gasteiger partial charge in [0.05, 0.1) is 16.8 Å². The monoisotopic (exact) mass is 210 g/mol. The highest BCUT2D eigenvalue weighted by molar-refractivity contribution is 7.12. The van der Waals surface area contributed by atoms with Gasteiger partial charge in [-0.2, -0.15) is 0 Å². The van der Waals surface area contributed by atoms with Crippen LogP contribution in [0.1, 0.15) is 15.4 Å². The number of aromatic carboxylic acids is 1. The molecule has 2 aromatic heterocycles. The topological polar surface area (TPSA) is 76.2 Å². The van der Waals surface area contributed by atoms with Crippen LogP contribution in [0.5, 0.6) is 0 Å². The Balaban J connectivity index is 2.57. The number of hydrogen-bond acceptors (Lipinski definition) is 5. The Kier molecular flexibility index (Phi) is 2.05. The molecule has 5 nitrogen and oxygen atoms in total. The molecule has 14 heavy (non-hydrogen) atoms. The molecule has 0 radical (unpaired) electrons. The summed E-state index contributed by atoms with van der Waals surface area (Å²) >= 11 is 1.08. The van der Waals surface area contributed by atoms with Gasteiger partial charge in [0.2, 0.25) is 0 Å². The standard InChI is InChI=1S/C8H6N2O3S/c1-4-5(2-13-10-4)6-7(8(11)12)14-3-9-6/h2-3H,1H3,(H,11,12). The van der Waals surface area contributed by atoms with Crippen LogP contribution in [-0.4, -0.2) is 21.2 Å². The van der Waals surface area contributed by atoms with Crippen molar-refractivity contribution in [1.82, 2.24) is 10.1 Å². The molecule has 0 aliphatic carbocycles. The van der Waals surface area contributed by atoms with Crippen molar-refractivity contribution in [2.75, 3.05) is 0 Å². The van der Waals surface area contributed by atoms with E-state index >= 15 is 0 Å². The molecule has 0 bridgehead atoms. The molecule has 2 rings (SSSR count). The minimum atomic E-state index is -0.983. The Hall–Kier alpha value is -1.69. The summed E-state index contributed by atoms with van der Waals surface area (Å²) in [6.45, 7) is 1.74. The van der Waals surface area contributed by atoms with E-state index < -0.39 is 5.97 Å². The zero-order valence-corrected chi connectivity index (χ0v) is 8.04. The van der Waals surface area contributed by atoms with E-state index in [-0.39, 0.29) is 4.88 Å². The Morgan fingerprint density at radius 2 is 2.43 bits per heavy atom. The van der Waals surface area contributed by atoms with E-state index in [9.17, 15) is 4.79 Å². The van der Waals surface area contributed by atoms with Gasteiger partial charge >= 0.3 is 5.97 Å². The molecular formula is C8H6N2O3S. The molecule has 0 fully saturated rings. The van der Waals surface area contributed by atoms with Crippen LogP contribution in [0.15, 0.2) is 16.3 Å². The average Bonchev–Trinajstić information content (AvgIpc) is 2.70. The third-order valence-corrected chi connectivity index (χ3v) is 2.58. The first-order valence-electron chi connectivity index (χ1n) is 3.78. The van der Waals surface area contributed by atoms with Gasteiger partial charge in [-0.1, -0.05) is 5.16 Å². The van der Waals surface area contributed by atoms with Gasteiger partial charge in [0.1, 0.15) is 16.8 Å². The van der Waals surface area contributed by atoms with Gasteiger partial charge in [-0.25, -0.2) is 9.78 Å². The Morgan fingerprint density at radius 3 is 3.00 bits per heavy atom. The molecule has 0 saturated carbocycles. The molecule has 0 amide bonds. The van der Waals surface area contributed by atoms with Crippen molar-refractivity contribution in [1.29, 1.82) is 0 Å². The summed E-state index contributed by atoms with van der Waals surface area (Å²) in [6, 6.07) is 0. The van der Waals surface area contributed by atoms with E-state index in [1.807, 2.05) is 0 Å². The maximum Gasteiger partial charge on any atom is 0.348 e. The zero-order chi connectivity index (χ0) is 10.1. The van der Waals surface area contributed by atoms with Gasteiger partial charge < -0.3 is 9.63 Å². The number of nitrogens with zero attached hydrogens (tertiary/aromatic N) is 2. The van der Waals surface area contributed by atoms with E-state index in [0.717, 1.165) is 11.3 Å². The summed E-state index contributed by atoms with van der Waals surface area (Å²) in [5.74, 6) is -0.983. The van der Waals surface area contributed by atoms with E-state index in [1.165, 1.54) is 11.8 Å². The first-order valence-corrected chi connectivity index (χ1v) is 4.66. The second-order valence-electron chi connectivity index (χ2n) is 2.65. The molecule has 72 valence electrons. The van der Waals surface area contributed by atoms with Gasteiger partial charge in [-0.15, -0.1) is 11.3 Å². The van der Waals surface area contributed by atoms with Crippen LogP contribution in [0.25, 0.3) is 11.3 Å². The van der Waals surface area contributed by atoms with Gasteiger partial charge in [-0.3, -0.25) is 0 Å². The van der Waals surface area contributed by atoms with E-state index in [1.54, 1.807) is 6.92 Å². The molecule has 6 heteroatoms. The fourth-order valence-corrected chi connectivity index (χ4v) is 1.75. The highest BCUT2D eigenvalue weighted by Crippen LogP contribution is 2.27. The van der Waals surface area contributed by atoms with Crippen molar-refractivity contribution >= 4 is 17.3 Å². The second kappa shape index (κ2) is 3.22. The molecule has 0 atom stereocenters. The van der Waals surface area contributed by atoms with Gasteiger partial charge in [0.25, 0.3) is 0 Å². The molecule has 2 heterocycles. The van der Waals surface area contributed by atoms with Crippen LogP contribution in [0.2, 0.25) is 0 Å². The maximum atomic E-state index is 10.8. The van der Waals surface area contributed by atoms with E-state index in [0.29, 0.717) is 17.0 Å². The Morgan fingerprint density at radius 1 is 1.64 bits per heavy atom. The fourth-order valence-electron chi connectivity index (χ4n) is 1.11. The normalized spacial score (nSPS) is 10.4. The van der Waals surface area contributed by atoms with Gasteiger partial charge in [0.15, 0.2) is 0 Å². The summed E-state index contributed by atoms with van der Waals surface area (Å²) in [4.78, 5) is 15.0. The molecule has 0 aromatic carbocycles. The molecule has 0 aliphatic rings. The van der Waals surface area contributed by atoms with Crippen molar-refractivity contribution in [2.45, 2.75) is 6.92 Å². The van der Waals surface area contributed by atoms with Crippen molar-refractivity contribution < 1.29 is 14.4 Å². The largest absolute Gasteiger partial charge is 0.477 e. The van der Waals surface area contributed by atoms with Crippen LogP contribution in [0.3, 0.4) is 0 Å². The second-order valence-corrected chi connectivity index (χ2v) is 3.50. The molecule has 0 aliphatic heterocycles. The lowest BCUT2D eigenvalue weighted by atomic mass is 10.2. The first-order chi connectivity index (χ1) is 6.70. The van der Waals surface area contributed by atoms with Crippen LogP contribution in [0, 0.1) is 6.92 Å². The van der Waals surface area contributed by atoms with Crippen LogP contribution in [-0.2, 0) is 0 Å². The third kappa shape index (κ3) is 1.29. The third-order valence-electron chi connectivity index (χ3n) is 1.77. The molecule has 0 unspecified atom stereocenters. The summed E-state index contributed by atoms with van der Waals surface area (Å²) in [6.07, 6.45) is 1.40. The lowest BCUT2D eigenvalue weighted by molar-refractivity contribution is 0.0702.